The summed E-state index contributed by atoms with van der Waals surface area (Å²) in [4.78, 5) is 26.1. The number of esters is 2. The molecule has 4 rings (SSSR count). The first-order valence-electron chi connectivity index (χ1n) is 17.4. The Kier molecular flexibility index (Phi) is 11.5. The van der Waals surface area contributed by atoms with Gasteiger partial charge in [-0.05, 0) is 111 Å². The predicted molar refractivity (Wildman–Crippen MR) is 175 cm³/mol. The third kappa shape index (κ3) is 6.54. The lowest BCUT2D eigenvalue weighted by Crippen LogP contribution is -2.66. The van der Waals surface area contributed by atoms with Gasteiger partial charge in [0.15, 0.2) is 0 Å². The van der Waals surface area contributed by atoms with Crippen LogP contribution < -0.4 is 0 Å². The summed E-state index contributed by atoms with van der Waals surface area (Å²) in [6, 6.07) is 4.46. The second-order valence-corrected chi connectivity index (χ2v) is 15.3. The second kappa shape index (κ2) is 14.6. The van der Waals surface area contributed by atoms with Crippen molar-refractivity contribution in [2.75, 3.05) is 20.3 Å². The van der Waals surface area contributed by atoms with Crippen LogP contribution in [0.1, 0.15) is 113 Å². The number of nitriles is 2. The number of hydrogen-bond acceptors (Lipinski definition) is 8. The molecular formula is C38H56N2O6. The Bertz CT molecular complexity index is 1290. The van der Waals surface area contributed by atoms with Crippen LogP contribution in [0.2, 0.25) is 0 Å². The van der Waals surface area contributed by atoms with Crippen molar-refractivity contribution in [1.29, 1.82) is 10.5 Å². The molecule has 8 nitrogen and oxygen atoms in total. The van der Waals surface area contributed by atoms with Crippen LogP contribution in [0.4, 0.5) is 0 Å². The molecule has 0 N–H and O–H groups in total. The first-order valence-corrected chi connectivity index (χ1v) is 17.4. The van der Waals surface area contributed by atoms with E-state index in [4.69, 9.17) is 24.2 Å². The number of carbonyl (C=O) groups excluding carboxylic acids is 2. The molecule has 0 aliphatic heterocycles. The van der Waals surface area contributed by atoms with E-state index in [-0.39, 0.29) is 52.2 Å². The average molecular weight is 637 g/mol. The van der Waals surface area contributed by atoms with Crippen LogP contribution in [-0.2, 0) is 28.5 Å². The van der Waals surface area contributed by atoms with Crippen LogP contribution in [0.25, 0.3) is 0 Å². The molecule has 4 aliphatic rings. The Morgan fingerprint density at radius 1 is 0.957 bits per heavy atom. The molecule has 1 unspecified atom stereocenters. The van der Waals surface area contributed by atoms with Gasteiger partial charge in [-0.15, -0.1) is 0 Å². The molecule has 0 spiro atoms. The summed E-state index contributed by atoms with van der Waals surface area (Å²) in [6.07, 6.45) is 8.94. The highest BCUT2D eigenvalue weighted by Crippen LogP contribution is 2.75. The zero-order valence-corrected chi connectivity index (χ0v) is 29.4. The summed E-state index contributed by atoms with van der Waals surface area (Å²) in [5, 5.41) is 18.5. The van der Waals surface area contributed by atoms with Crippen molar-refractivity contribution in [2.24, 2.45) is 39.9 Å². The maximum Gasteiger partial charge on any atom is 0.333 e. The highest BCUT2D eigenvalue weighted by atomic mass is 16.5. The molecule has 0 radical (unpaired) electrons. The monoisotopic (exact) mass is 636 g/mol. The van der Waals surface area contributed by atoms with Gasteiger partial charge in [-0.2, -0.15) is 10.5 Å². The maximum absolute atomic E-state index is 13.5. The molecule has 0 heterocycles. The lowest BCUT2D eigenvalue weighted by atomic mass is 9.36. The van der Waals surface area contributed by atoms with Gasteiger partial charge in [-0.1, -0.05) is 39.3 Å². The highest BCUT2D eigenvalue weighted by Gasteiger charge is 2.71. The van der Waals surface area contributed by atoms with Crippen LogP contribution in [0.15, 0.2) is 22.8 Å². The Balaban J connectivity index is 1.83. The number of nitrogens with zero attached hydrogens (tertiary/aromatic N) is 2. The van der Waals surface area contributed by atoms with E-state index in [2.05, 4.69) is 45.9 Å². The zero-order chi connectivity index (χ0) is 33.9. The Hall–Kier alpha value is -2.68. The molecule has 0 saturated heterocycles. The number of rotatable bonds is 11. The SMILES string of the molecule is COC(=O)/C(CCC=C(C)C)=C1\[C@@H](OC(C)=O)C[C@@]2(C)[C@@H]1C[C@@H](OCCC#N)[C@@H]1[C@@]3(C)CC[C@@H](OCCC#N)[C@@H](C)C3CC[C@@]12C. The van der Waals surface area contributed by atoms with Gasteiger partial charge < -0.3 is 18.9 Å². The third-order valence-electron chi connectivity index (χ3n) is 12.8. The van der Waals surface area contributed by atoms with Gasteiger partial charge in [-0.25, -0.2) is 4.79 Å². The molecule has 254 valence electrons. The smallest absolute Gasteiger partial charge is 0.333 e. The summed E-state index contributed by atoms with van der Waals surface area (Å²) in [6.45, 7) is 16.0. The summed E-state index contributed by atoms with van der Waals surface area (Å²) >= 11 is 0. The van der Waals surface area contributed by atoms with E-state index < -0.39 is 6.10 Å². The number of fused-ring (bicyclic) bond motifs is 5. The van der Waals surface area contributed by atoms with Crippen molar-refractivity contribution in [3.8, 4) is 12.1 Å². The molecule has 0 aromatic rings. The molecule has 0 aromatic carbocycles. The number of hydrogen-bond donors (Lipinski definition) is 0. The van der Waals surface area contributed by atoms with Crippen molar-refractivity contribution in [3.63, 3.8) is 0 Å². The van der Waals surface area contributed by atoms with Crippen molar-refractivity contribution in [3.05, 3.63) is 22.8 Å². The molecule has 8 heteroatoms. The minimum absolute atomic E-state index is 0.0230. The number of methoxy groups -OCH3 is 1. The topological polar surface area (TPSA) is 119 Å². The van der Waals surface area contributed by atoms with Gasteiger partial charge in [-0.3, -0.25) is 4.79 Å². The van der Waals surface area contributed by atoms with Gasteiger partial charge in [0.1, 0.15) is 6.10 Å². The normalized spacial score (nSPS) is 39.0. The van der Waals surface area contributed by atoms with E-state index in [1.54, 1.807) is 0 Å². The fraction of sp³-hybridized carbons (Fsp3) is 0.789. The van der Waals surface area contributed by atoms with Crippen molar-refractivity contribution in [1.82, 2.24) is 0 Å². The molecule has 0 bridgehead atoms. The van der Waals surface area contributed by atoms with E-state index in [9.17, 15) is 14.9 Å². The quantitative estimate of drug-likeness (QED) is 0.0983. The predicted octanol–water partition coefficient (Wildman–Crippen LogP) is 7.63. The average Bonchev–Trinajstić information content (AvgIpc) is 3.27. The van der Waals surface area contributed by atoms with Gasteiger partial charge >= 0.3 is 11.9 Å². The molecule has 4 saturated carbocycles. The first kappa shape index (κ1) is 36.2. The lowest BCUT2D eigenvalue weighted by molar-refractivity contribution is -0.245. The second-order valence-electron chi connectivity index (χ2n) is 15.3. The van der Waals surface area contributed by atoms with Crippen molar-refractivity contribution >= 4 is 11.9 Å². The minimum Gasteiger partial charge on any atom is -0.466 e. The van der Waals surface area contributed by atoms with Gasteiger partial charge in [0, 0.05) is 12.5 Å². The largest absolute Gasteiger partial charge is 0.466 e. The summed E-state index contributed by atoms with van der Waals surface area (Å²) < 4.78 is 24.5. The lowest BCUT2D eigenvalue weighted by Gasteiger charge is -2.69. The fourth-order valence-corrected chi connectivity index (χ4v) is 10.8. The molecule has 0 aromatic heterocycles. The molecule has 4 aliphatic carbocycles. The maximum atomic E-state index is 13.5. The van der Waals surface area contributed by atoms with Crippen LogP contribution in [-0.4, -0.2) is 50.6 Å². The number of carbonyl (C=O) groups is 2. The van der Waals surface area contributed by atoms with Gasteiger partial charge in [0.25, 0.3) is 0 Å². The number of ether oxygens (including phenoxy) is 4. The van der Waals surface area contributed by atoms with Crippen molar-refractivity contribution in [2.45, 2.75) is 131 Å². The van der Waals surface area contributed by atoms with Crippen LogP contribution in [0, 0.1) is 62.6 Å². The van der Waals surface area contributed by atoms with Gasteiger partial charge in [0.2, 0.25) is 0 Å². The van der Waals surface area contributed by atoms with E-state index in [0.717, 1.165) is 31.3 Å². The van der Waals surface area contributed by atoms with Crippen molar-refractivity contribution < 1.29 is 28.5 Å². The third-order valence-corrected chi connectivity index (χ3v) is 12.8. The fourth-order valence-electron chi connectivity index (χ4n) is 10.8. The first-order chi connectivity index (χ1) is 21.8. The zero-order valence-electron chi connectivity index (χ0n) is 29.4. The molecular weight excluding hydrogens is 580 g/mol. The summed E-state index contributed by atoms with van der Waals surface area (Å²) in [7, 11) is 1.43. The summed E-state index contributed by atoms with van der Waals surface area (Å²) in [5.41, 5.74) is 2.27. The Morgan fingerprint density at radius 2 is 1.61 bits per heavy atom. The van der Waals surface area contributed by atoms with E-state index in [1.807, 2.05) is 13.8 Å². The Morgan fingerprint density at radius 3 is 2.20 bits per heavy atom. The molecule has 46 heavy (non-hydrogen) atoms. The minimum atomic E-state index is -0.502. The molecule has 4 fully saturated rings. The number of allylic oxidation sites excluding steroid dienone is 2. The van der Waals surface area contributed by atoms with Crippen LogP contribution in [0.3, 0.4) is 0 Å². The Labute approximate surface area is 276 Å². The van der Waals surface area contributed by atoms with Crippen LogP contribution in [0.5, 0.6) is 0 Å². The van der Waals surface area contributed by atoms with E-state index in [1.165, 1.54) is 19.6 Å². The van der Waals surface area contributed by atoms with Crippen LogP contribution >= 0.6 is 0 Å². The molecule has 0 amide bonds. The standard InChI is InChI=1S/C38H56N2O6/c1-24(2)12-9-13-27(35(42)43-8)33-29-22-31(45-21-11-19-40)34-36(5)16-15-30(44-20-10-18-39)25(3)28(36)14-17-37(34,6)38(29,7)23-32(33)46-26(4)41/h12,25,28-32,34H,9-11,13-17,20-23H2,1-8H3/b33-27-/t25-,28?,29+,30+,31+,32-,34+,36-,37-,38-/m0/s1. The molecule has 10 atom stereocenters. The van der Waals surface area contributed by atoms with E-state index in [0.29, 0.717) is 69.1 Å². The summed E-state index contributed by atoms with van der Waals surface area (Å²) in [5.74, 6) is 0.262. The van der Waals surface area contributed by atoms with Gasteiger partial charge in [0.05, 0.1) is 57.5 Å². The van der Waals surface area contributed by atoms with E-state index >= 15 is 0 Å². The highest BCUT2D eigenvalue weighted by molar-refractivity contribution is 5.90.